The van der Waals surface area contributed by atoms with Crippen molar-refractivity contribution in [1.82, 2.24) is 19.7 Å². The molecule has 4 aromatic rings. The largest absolute Gasteiger partial charge is 0.494 e. The van der Waals surface area contributed by atoms with E-state index in [-0.39, 0.29) is 5.91 Å². The van der Waals surface area contributed by atoms with Crippen LogP contribution in [0.15, 0.2) is 77.6 Å². The molecule has 1 unspecified atom stereocenters. The van der Waals surface area contributed by atoms with Crippen LogP contribution in [0.2, 0.25) is 0 Å². The number of nitrogens with one attached hydrogen (secondary N) is 2. The first-order valence-corrected chi connectivity index (χ1v) is 11.4. The summed E-state index contributed by atoms with van der Waals surface area (Å²) in [5.74, 6) is 1.75. The van der Waals surface area contributed by atoms with Crippen molar-refractivity contribution in [3.05, 3.63) is 83.1 Å². The number of fused-ring (bicyclic) bond motifs is 1. The first-order chi connectivity index (χ1) is 16.1. The number of ether oxygens (including phenoxy) is 1. The van der Waals surface area contributed by atoms with Crippen LogP contribution >= 0.6 is 11.3 Å². The number of anilines is 2. The van der Waals surface area contributed by atoms with E-state index < -0.39 is 6.04 Å². The number of hydrogen-bond acceptors (Lipinski definition) is 7. The van der Waals surface area contributed by atoms with Crippen LogP contribution in [0.25, 0.3) is 10.7 Å². The molecule has 33 heavy (non-hydrogen) atoms. The molecular formula is C24H22N6O2S. The Morgan fingerprint density at radius 2 is 2.06 bits per heavy atom. The van der Waals surface area contributed by atoms with Crippen molar-refractivity contribution in [2.75, 3.05) is 17.2 Å². The number of allylic oxidation sites excluding steroid dienone is 1. The quantitative estimate of drug-likeness (QED) is 0.434. The molecule has 1 aliphatic rings. The fourth-order valence-corrected chi connectivity index (χ4v) is 4.46. The van der Waals surface area contributed by atoms with E-state index in [0.717, 1.165) is 16.2 Å². The number of pyridine rings is 1. The topological polar surface area (TPSA) is 94.0 Å². The van der Waals surface area contributed by atoms with Gasteiger partial charge in [0.1, 0.15) is 11.8 Å². The summed E-state index contributed by atoms with van der Waals surface area (Å²) in [6.45, 7) is 4.41. The van der Waals surface area contributed by atoms with Gasteiger partial charge >= 0.3 is 0 Å². The van der Waals surface area contributed by atoms with E-state index in [0.29, 0.717) is 35.3 Å². The van der Waals surface area contributed by atoms with Gasteiger partial charge in [0.2, 0.25) is 5.95 Å². The fourth-order valence-electron chi connectivity index (χ4n) is 3.81. The van der Waals surface area contributed by atoms with Crippen LogP contribution < -0.4 is 15.4 Å². The Labute approximate surface area is 195 Å². The number of thiophene rings is 1. The number of carbonyl (C=O) groups is 1. The molecule has 0 spiro atoms. The molecule has 166 valence electrons. The second kappa shape index (κ2) is 8.87. The molecule has 0 fully saturated rings. The first kappa shape index (κ1) is 20.9. The molecule has 1 aromatic carbocycles. The summed E-state index contributed by atoms with van der Waals surface area (Å²) in [6.07, 6.45) is 3.28. The van der Waals surface area contributed by atoms with E-state index in [1.54, 1.807) is 40.5 Å². The van der Waals surface area contributed by atoms with Gasteiger partial charge in [-0.25, -0.2) is 4.68 Å². The third-order valence-electron chi connectivity index (χ3n) is 5.27. The number of nitrogens with zero attached hydrogens (tertiary/aromatic N) is 4. The molecule has 0 saturated carbocycles. The van der Waals surface area contributed by atoms with Crippen LogP contribution in [0.3, 0.4) is 0 Å². The second-order valence-electron chi connectivity index (χ2n) is 7.44. The molecule has 1 atom stereocenters. The summed E-state index contributed by atoms with van der Waals surface area (Å²) in [7, 11) is 0. The molecule has 3 aromatic heterocycles. The minimum Gasteiger partial charge on any atom is -0.494 e. The van der Waals surface area contributed by atoms with Gasteiger partial charge in [-0.3, -0.25) is 9.78 Å². The highest BCUT2D eigenvalue weighted by molar-refractivity contribution is 7.13. The van der Waals surface area contributed by atoms with Crippen LogP contribution in [-0.2, 0) is 4.79 Å². The maximum atomic E-state index is 13.5. The van der Waals surface area contributed by atoms with Crippen LogP contribution in [0.1, 0.15) is 25.5 Å². The summed E-state index contributed by atoms with van der Waals surface area (Å²) in [5, 5.41) is 13.0. The highest BCUT2D eigenvalue weighted by atomic mass is 32.1. The van der Waals surface area contributed by atoms with E-state index in [2.05, 4.69) is 15.6 Å². The van der Waals surface area contributed by atoms with Crippen molar-refractivity contribution in [1.29, 1.82) is 0 Å². The molecule has 0 bridgehead atoms. The summed E-state index contributed by atoms with van der Waals surface area (Å²) in [6, 6.07) is 14.8. The molecule has 9 heteroatoms. The smallest absolute Gasteiger partial charge is 0.255 e. The van der Waals surface area contributed by atoms with Crippen molar-refractivity contribution in [2.45, 2.75) is 19.9 Å². The first-order valence-electron chi connectivity index (χ1n) is 10.6. The Balaban J connectivity index is 1.58. The van der Waals surface area contributed by atoms with Gasteiger partial charge in [-0.2, -0.15) is 4.98 Å². The van der Waals surface area contributed by atoms with Crippen molar-refractivity contribution in [2.24, 2.45) is 0 Å². The van der Waals surface area contributed by atoms with Crippen molar-refractivity contribution < 1.29 is 9.53 Å². The minimum atomic E-state index is -0.463. The number of benzene rings is 1. The van der Waals surface area contributed by atoms with Crippen LogP contribution in [-0.4, -0.2) is 32.3 Å². The van der Waals surface area contributed by atoms with Crippen LogP contribution in [0.5, 0.6) is 5.75 Å². The van der Waals surface area contributed by atoms with Gasteiger partial charge in [-0.1, -0.05) is 18.2 Å². The van der Waals surface area contributed by atoms with Crippen LogP contribution in [0, 0.1) is 0 Å². The van der Waals surface area contributed by atoms with E-state index in [1.165, 1.54) is 0 Å². The summed E-state index contributed by atoms with van der Waals surface area (Å²) in [4.78, 5) is 23.2. The number of hydrogen-bond donors (Lipinski definition) is 2. The maximum Gasteiger partial charge on any atom is 0.255 e. The Morgan fingerprint density at radius 3 is 2.76 bits per heavy atom. The van der Waals surface area contributed by atoms with Gasteiger partial charge in [0.05, 0.1) is 28.9 Å². The standard InChI is InChI=1S/C24H22N6O2S/c1-3-32-18-10-8-16(9-11-18)21-20(23(31)27-17-6-4-12-25-14-17)15(2)26-24-28-22(29-30(21)24)19-7-5-13-33-19/h4-14,21H,3H2,1-2H3,(H,27,31)(H,26,28,29). The highest BCUT2D eigenvalue weighted by Gasteiger charge is 2.34. The van der Waals surface area contributed by atoms with Gasteiger partial charge in [-0.05, 0) is 55.1 Å². The van der Waals surface area contributed by atoms with E-state index in [9.17, 15) is 4.79 Å². The molecule has 1 aliphatic heterocycles. The Hall–Kier alpha value is -3.98. The maximum absolute atomic E-state index is 13.5. The lowest BCUT2D eigenvalue weighted by Gasteiger charge is -2.28. The third kappa shape index (κ3) is 4.10. The van der Waals surface area contributed by atoms with Gasteiger partial charge in [0.15, 0.2) is 5.82 Å². The number of aromatic nitrogens is 4. The molecule has 0 radical (unpaired) electrons. The summed E-state index contributed by atoms with van der Waals surface area (Å²) >= 11 is 1.57. The fraction of sp³-hybridized carbons (Fsp3) is 0.167. The summed E-state index contributed by atoms with van der Waals surface area (Å²) in [5.41, 5.74) is 2.79. The highest BCUT2D eigenvalue weighted by Crippen LogP contribution is 2.37. The average Bonchev–Trinajstić information content (AvgIpc) is 3.49. The molecule has 1 amide bonds. The average molecular weight is 459 g/mol. The monoisotopic (exact) mass is 458 g/mol. The predicted molar refractivity (Wildman–Crippen MR) is 128 cm³/mol. The summed E-state index contributed by atoms with van der Waals surface area (Å²) < 4.78 is 7.37. The zero-order valence-electron chi connectivity index (χ0n) is 18.1. The van der Waals surface area contributed by atoms with Gasteiger partial charge < -0.3 is 15.4 Å². The number of carbonyl (C=O) groups excluding carboxylic acids is 1. The Morgan fingerprint density at radius 1 is 1.21 bits per heavy atom. The molecule has 8 nitrogen and oxygen atoms in total. The molecule has 5 rings (SSSR count). The minimum absolute atomic E-state index is 0.231. The normalized spacial score (nSPS) is 15.0. The number of amides is 1. The van der Waals surface area contributed by atoms with Gasteiger partial charge in [-0.15, -0.1) is 16.4 Å². The lowest BCUT2D eigenvalue weighted by Crippen LogP contribution is -2.31. The van der Waals surface area contributed by atoms with Crippen molar-refractivity contribution in [3.8, 4) is 16.5 Å². The molecule has 2 N–H and O–H groups in total. The number of rotatable bonds is 6. The third-order valence-corrected chi connectivity index (χ3v) is 6.13. The van der Waals surface area contributed by atoms with Crippen molar-refractivity contribution >= 4 is 28.9 Å². The van der Waals surface area contributed by atoms with Crippen LogP contribution in [0.4, 0.5) is 11.6 Å². The van der Waals surface area contributed by atoms with Gasteiger partial charge in [0.25, 0.3) is 5.91 Å². The zero-order valence-corrected chi connectivity index (χ0v) is 19.0. The van der Waals surface area contributed by atoms with Gasteiger partial charge in [0, 0.05) is 11.9 Å². The lowest BCUT2D eigenvalue weighted by atomic mass is 9.95. The zero-order chi connectivity index (χ0) is 22.8. The Bertz CT molecular complexity index is 1300. The van der Waals surface area contributed by atoms with E-state index >= 15 is 0 Å². The molecule has 0 saturated heterocycles. The molecule has 4 heterocycles. The second-order valence-corrected chi connectivity index (χ2v) is 8.39. The van der Waals surface area contributed by atoms with E-state index in [1.807, 2.05) is 55.6 Å². The molecular weight excluding hydrogens is 436 g/mol. The van der Waals surface area contributed by atoms with Crippen molar-refractivity contribution in [3.63, 3.8) is 0 Å². The lowest BCUT2D eigenvalue weighted by molar-refractivity contribution is -0.113. The SMILES string of the molecule is CCOc1ccc(C2C(C(=O)Nc3cccnc3)=C(C)Nc3nc(-c4cccs4)nn32)cc1. The predicted octanol–water partition coefficient (Wildman–Crippen LogP) is 4.73. The molecule has 0 aliphatic carbocycles. The Kier molecular flexibility index (Phi) is 5.62. The van der Waals surface area contributed by atoms with E-state index in [4.69, 9.17) is 14.8 Å².